The van der Waals surface area contributed by atoms with Crippen LogP contribution in [-0.2, 0) is 9.59 Å². The van der Waals surface area contributed by atoms with Gasteiger partial charge in [-0.3, -0.25) is 9.59 Å². The van der Waals surface area contributed by atoms with Gasteiger partial charge in [0.05, 0.1) is 5.69 Å². The minimum absolute atomic E-state index is 0.0724. The summed E-state index contributed by atoms with van der Waals surface area (Å²) in [5.41, 5.74) is 1.76. The Morgan fingerprint density at radius 2 is 1.70 bits per heavy atom. The summed E-state index contributed by atoms with van der Waals surface area (Å²) in [5.74, 6) is -0.220. The lowest BCUT2D eigenvalue weighted by atomic mass is 9.78. The molecule has 2 aromatic rings. The Hall–Kier alpha value is -1.52. The van der Waals surface area contributed by atoms with Crippen LogP contribution in [0.25, 0.3) is 10.6 Å². The van der Waals surface area contributed by atoms with Crippen LogP contribution in [0.3, 0.4) is 0 Å². The molecule has 118 valence electrons. The van der Waals surface area contributed by atoms with Crippen molar-refractivity contribution in [2.24, 2.45) is 11.8 Å². The van der Waals surface area contributed by atoms with Crippen molar-refractivity contribution < 1.29 is 9.59 Å². The van der Waals surface area contributed by atoms with Gasteiger partial charge in [-0.15, -0.1) is 11.3 Å². The summed E-state index contributed by atoms with van der Waals surface area (Å²) < 4.78 is 0. The van der Waals surface area contributed by atoms with Gasteiger partial charge >= 0.3 is 0 Å². The number of rotatable bonds is 2. The third-order valence-electron chi connectivity index (χ3n) is 4.99. The zero-order valence-electron chi connectivity index (χ0n) is 12.7. The highest BCUT2D eigenvalue weighted by molar-refractivity contribution is 7.15. The van der Waals surface area contributed by atoms with Crippen LogP contribution in [-0.4, -0.2) is 16.6 Å². The number of carbonyl (C=O) groups excluding carboxylic acids is 2. The molecule has 0 radical (unpaired) electrons. The van der Waals surface area contributed by atoms with E-state index in [4.69, 9.17) is 11.6 Å². The van der Waals surface area contributed by atoms with Crippen molar-refractivity contribution >= 4 is 34.5 Å². The van der Waals surface area contributed by atoms with Gasteiger partial charge in [0.1, 0.15) is 10.9 Å². The monoisotopic (exact) mass is 345 g/mol. The van der Waals surface area contributed by atoms with Gasteiger partial charge in [-0.1, -0.05) is 23.7 Å². The summed E-state index contributed by atoms with van der Waals surface area (Å²) >= 11 is 7.40. The van der Waals surface area contributed by atoms with Crippen LogP contribution in [0.5, 0.6) is 0 Å². The highest BCUT2D eigenvalue weighted by Crippen LogP contribution is 2.46. The van der Waals surface area contributed by atoms with E-state index in [0.29, 0.717) is 5.02 Å². The second-order valence-electron chi connectivity index (χ2n) is 6.42. The molecule has 0 amide bonds. The maximum absolute atomic E-state index is 12.7. The van der Waals surface area contributed by atoms with E-state index in [2.05, 4.69) is 4.98 Å². The standard InChI is InChI=1S/C18H16ClNO2S/c1-9-17(14-15(21)11-2-3-12(8-11)16(14)22)23-18(20-9)10-4-6-13(19)7-5-10/h4-7,11-12,14H,2-3,8H2,1H3. The smallest absolute Gasteiger partial charge is 0.151 e. The molecular formula is C18H16ClNO2S. The van der Waals surface area contributed by atoms with E-state index in [9.17, 15) is 9.59 Å². The molecule has 2 aliphatic rings. The first kappa shape index (κ1) is 15.0. The topological polar surface area (TPSA) is 47.0 Å². The van der Waals surface area contributed by atoms with E-state index in [0.717, 1.165) is 40.4 Å². The van der Waals surface area contributed by atoms with Crippen LogP contribution < -0.4 is 0 Å². The molecule has 0 saturated heterocycles. The van der Waals surface area contributed by atoms with Gasteiger partial charge in [-0.05, 0) is 38.3 Å². The van der Waals surface area contributed by atoms with Crippen molar-refractivity contribution in [2.75, 3.05) is 0 Å². The summed E-state index contributed by atoms with van der Waals surface area (Å²) in [6.07, 6.45) is 2.50. The van der Waals surface area contributed by atoms with E-state index in [1.807, 2.05) is 31.2 Å². The zero-order chi connectivity index (χ0) is 16.1. The molecule has 5 heteroatoms. The Balaban J connectivity index is 1.73. The predicted molar refractivity (Wildman–Crippen MR) is 90.9 cm³/mol. The third-order valence-corrected chi connectivity index (χ3v) is 6.52. The zero-order valence-corrected chi connectivity index (χ0v) is 14.3. The summed E-state index contributed by atoms with van der Waals surface area (Å²) in [6, 6.07) is 7.48. The average molecular weight is 346 g/mol. The fourth-order valence-electron chi connectivity index (χ4n) is 3.76. The number of aromatic nitrogens is 1. The first-order valence-electron chi connectivity index (χ1n) is 7.85. The molecule has 1 aromatic heterocycles. The molecule has 1 aromatic carbocycles. The Kier molecular flexibility index (Phi) is 3.62. The van der Waals surface area contributed by atoms with Crippen molar-refractivity contribution in [3.05, 3.63) is 39.9 Å². The molecule has 0 spiro atoms. The highest BCUT2D eigenvalue weighted by Gasteiger charge is 2.48. The molecular weight excluding hydrogens is 330 g/mol. The van der Waals surface area contributed by atoms with E-state index < -0.39 is 5.92 Å². The van der Waals surface area contributed by atoms with E-state index in [-0.39, 0.29) is 23.4 Å². The average Bonchev–Trinajstić information content (AvgIpc) is 3.13. The number of carbonyl (C=O) groups is 2. The maximum atomic E-state index is 12.7. The lowest BCUT2D eigenvalue weighted by molar-refractivity contribution is -0.135. The number of fused-ring (bicyclic) bond motifs is 2. The number of benzene rings is 1. The number of aryl methyl sites for hydroxylation is 1. The molecule has 0 aliphatic heterocycles. The van der Waals surface area contributed by atoms with Crippen LogP contribution in [0.1, 0.15) is 35.8 Å². The van der Waals surface area contributed by atoms with Gasteiger partial charge in [0.15, 0.2) is 11.6 Å². The minimum Gasteiger partial charge on any atom is -0.298 e. The molecule has 2 unspecified atom stereocenters. The Labute approximate surface area is 143 Å². The number of hydrogen-bond acceptors (Lipinski definition) is 4. The van der Waals surface area contributed by atoms with Crippen LogP contribution in [0, 0.1) is 18.8 Å². The number of halogens is 1. The predicted octanol–water partition coefficient (Wildman–Crippen LogP) is 4.42. The van der Waals surface area contributed by atoms with Crippen LogP contribution in [0.2, 0.25) is 5.02 Å². The van der Waals surface area contributed by atoms with E-state index in [1.165, 1.54) is 11.3 Å². The number of nitrogens with zero attached hydrogens (tertiary/aromatic N) is 1. The van der Waals surface area contributed by atoms with Crippen molar-refractivity contribution in [2.45, 2.75) is 32.1 Å². The largest absolute Gasteiger partial charge is 0.298 e. The van der Waals surface area contributed by atoms with Crippen molar-refractivity contribution in [1.29, 1.82) is 0 Å². The summed E-state index contributed by atoms with van der Waals surface area (Å²) in [6.45, 7) is 1.89. The van der Waals surface area contributed by atoms with E-state index in [1.54, 1.807) is 0 Å². The molecule has 2 fully saturated rings. The molecule has 0 N–H and O–H groups in total. The van der Waals surface area contributed by atoms with Gasteiger partial charge < -0.3 is 0 Å². The SMILES string of the molecule is Cc1nc(-c2ccc(Cl)cc2)sc1C1C(=O)C2CCC(C2)C1=O. The lowest BCUT2D eigenvalue weighted by Crippen LogP contribution is -2.34. The number of thiazole rings is 1. The molecule has 3 nitrogen and oxygen atoms in total. The van der Waals surface area contributed by atoms with Crippen molar-refractivity contribution in [3.8, 4) is 10.6 Å². The Bertz CT molecular complexity index is 774. The van der Waals surface area contributed by atoms with Gasteiger partial charge in [-0.2, -0.15) is 0 Å². The normalized spacial score (nSPS) is 26.8. The van der Waals surface area contributed by atoms with Crippen molar-refractivity contribution in [3.63, 3.8) is 0 Å². The minimum atomic E-state index is -0.584. The molecule has 4 rings (SSSR count). The van der Waals surface area contributed by atoms with Crippen molar-refractivity contribution in [1.82, 2.24) is 4.98 Å². The van der Waals surface area contributed by atoms with Crippen LogP contribution >= 0.6 is 22.9 Å². The Morgan fingerprint density at radius 1 is 1.09 bits per heavy atom. The lowest BCUT2D eigenvalue weighted by Gasteiger charge is -2.24. The number of ketones is 2. The first-order chi connectivity index (χ1) is 11.0. The molecule has 2 bridgehead atoms. The molecule has 2 saturated carbocycles. The van der Waals surface area contributed by atoms with Gasteiger partial charge in [0.25, 0.3) is 0 Å². The molecule has 2 atom stereocenters. The van der Waals surface area contributed by atoms with Gasteiger partial charge in [0, 0.05) is 27.3 Å². The summed E-state index contributed by atoms with van der Waals surface area (Å²) in [7, 11) is 0. The number of hydrogen-bond donors (Lipinski definition) is 0. The highest BCUT2D eigenvalue weighted by atomic mass is 35.5. The first-order valence-corrected chi connectivity index (χ1v) is 9.04. The second kappa shape index (κ2) is 5.53. The summed E-state index contributed by atoms with van der Waals surface area (Å²) in [5, 5.41) is 1.52. The molecule has 23 heavy (non-hydrogen) atoms. The van der Waals surface area contributed by atoms with Gasteiger partial charge in [-0.25, -0.2) is 4.98 Å². The van der Waals surface area contributed by atoms with Crippen LogP contribution in [0.15, 0.2) is 24.3 Å². The molecule has 2 aliphatic carbocycles. The van der Waals surface area contributed by atoms with Crippen LogP contribution in [0.4, 0.5) is 0 Å². The summed E-state index contributed by atoms with van der Waals surface area (Å²) in [4.78, 5) is 30.8. The molecule has 1 heterocycles. The quantitative estimate of drug-likeness (QED) is 0.757. The maximum Gasteiger partial charge on any atom is 0.151 e. The number of Topliss-reactive ketones (excluding diaryl/α,β-unsaturated/α-hetero) is 2. The third kappa shape index (κ3) is 2.45. The van der Waals surface area contributed by atoms with E-state index >= 15 is 0 Å². The van der Waals surface area contributed by atoms with Gasteiger partial charge in [0.2, 0.25) is 0 Å². The fraction of sp³-hybridized carbons (Fsp3) is 0.389. The second-order valence-corrected chi connectivity index (χ2v) is 7.89. The Morgan fingerprint density at radius 3 is 2.30 bits per heavy atom. The fourth-order valence-corrected chi connectivity index (χ4v) is 5.07.